The van der Waals surface area contributed by atoms with Crippen LogP contribution in [0.1, 0.15) is 60.8 Å². The lowest BCUT2D eigenvalue weighted by Gasteiger charge is -2.67. The predicted molar refractivity (Wildman–Crippen MR) is 124 cm³/mol. The Morgan fingerprint density at radius 1 is 1.00 bits per heavy atom. The number of aliphatic hydroxyl groups excluding tert-OH is 1. The number of allylic oxidation sites excluding steroid dienone is 1. The van der Waals surface area contributed by atoms with Gasteiger partial charge in [0, 0.05) is 49.9 Å². The molecule has 3 saturated carbocycles. The minimum atomic E-state index is -2.08. The largest absolute Gasteiger partial charge is 0.462 e. The molecule has 9 atom stereocenters. The molecule has 0 aromatic rings. The van der Waals surface area contributed by atoms with Gasteiger partial charge in [-0.05, 0) is 24.3 Å². The average molecular weight is 509 g/mol. The smallest absolute Gasteiger partial charge is 0.303 e. The number of carbonyl (C=O) groups excluding carboxylic acids is 5. The lowest BCUT2D eigenvalue weighted by molar-refractivity contribution is -0.289. The highest BCUT2D eigenvalue weighted by Gasteiger charge is 2.76. The van der Waals surface area contributed by atoms with Crippen LogP contribution in [0, 0.1) is 28.6 Å². The molecule has 0 aromatic carbocycles. The van der Waals surface area contributed by atoms with Gasteiger partial charge < -0.3 is 24.4 Å². The van der Waals surface area contributed by atoms with Gasteiger partial charge in [-0.2, -0.15) is 0 Å². The molecule has 0 bridgehead atoms. The number of Topliss-reactive ketones (excluding diaryl/α,β-unsaturated/α-hetero) is 1. The molecule has 36 heavy (non-hydrogen) atoms. The van der Waals surface area contributed by atoms with Crippen molar-refractivity contribution < 1.29 is 48.4 Å². The van der Waals surface area contributed by atoms with Crippen molar-refractivity contribution in [3.05, 3.63) is 12.2 Å². The molecule has 0 aromatic heterocycles. The van der Waals surface area contributed by atoms with Gasteiger partial charge in [-0.25, -0.2) is 0 Å². The van der Waals surface area contributed by atoms with Crippen LogP contribution >= 0.6 is 0 Å². The molecule has 0 amide bonds. The average Bonchev–Trinajstić information content (AvgIpc) is 2.73. The van der Waals surface area contributed by atoms with E-state index in [4.69, 9.17) is 14.2 Å². The van der Waals surface area contributed by atoms with Crippen LogP contribution in [0.3, 0.4) is 0 Å². The Kier molecular flexibility index (Phi) is 7.29. The summed E-state index contributed by atoms with van der Waals surface area (Å²) in [7, 11) is 0. The van der Waals surface area contributed by atoms with Crippen molar-refractivity contribution in [1.82, 2.24) is 0 Å². The van der Waals surface area contributed by atoms with Gasteiger partial charge in [0.1, 0.15) is 24.1 Å². The Bertz CT molecular complexity index is 985. The quantitative estimate of drug-likeness (QED) is 0.240. The number of hydrogen-bond acceptors (Lipinski definition) is 10. The molecule has 0 spiro atoms. The summed E-state index contributed by atoms with van der Waals surface area (Å²) < 4.78 is 16.8. The molecule has 0 heterocycles. The van der Waals surface area contributed by atoms with Crippen molar-refractivity contribution >= 4 is 30.0 Å². The second-order valence-corrected chi connectivity index (χ2v) is 11.3. The zero-order valence-electron chi connectivity index (χ0n) is 21.6. The van der Waals surface area contributed by atoms with Gasteiger partial charge in [-0.1, -0.05) is 27.4 Å². The van der Waals surface area contributed by atoms with E-state index in [1.165, 1.54) is 13.8 Å². The molecular weight excluding hydrogens is 472 g/mol. The number of fused-ring (bicyclic) bond motifs is 3. The molecule has 200 valence electrons. The zero-order chi connectivity index (χ0) is 27.4. The van der Waals surface area contributed by atoms with Gasteiger partial charge >= 0.3 is 17.9 Å². The standard InChI is InChI=1S/C26H36O10/c1-12(11-27)16-8-17(34-13(2)28)21-25(7)19(35-14(3)29)9-18(31)24(5,6)22(25)20(32)23(36-15(4)30)26(21,33)10-16/h11,16-19,21-23,31,33H,1,8-10H2,2-7H3/t16-,17+,18+,19+,21?,22?,23+,25+,26-/m0/s1. The van der Waals surface area contributed by atoms with Crippen LogP contribution < -0.4 is 0 Å². The maximum absolute atomic E-state index is 14.1. The Morgan fingerprint density at radius 3 is 2.06 bits per heavy atom. The summed E-state index contributed by atoms with van der Waals surface area (Å²) in [5.41, 5.74) is -4.35. The van der Waals surface area contributed by atoms with Crippen molar-refractivity contribution in [3.63, 3.8) is 0 Å². The summed E-state index contributed by atoms with van der Waals surface area (Å²) in [5, 5.41) is 23.3. The first-order chi connectivity index (χ1) is 16.5. The summed E-state index contributed by atoms with van der Waals surface area (Å²) in [6, 6.07) is 0. The number of aldehydes is 1. The Morgan fingerprint density at radius 2 is 1.56 bits per heavy atom. The molecule has 2 N–H and O–H groups in total. The summed E-state index contributed by atoms with van der Waals surface area (Å²) in [6.45, 7) is 12.3. The fraction of sp³-hybridized carbons (Fsp3) is 0.731. The van der Waals surface area contributed by atoms with E-state index in [0.29, 0.717) is 6.29 Å². The first kappa shape index (κ1) is 28.0. The van der Waals surface area contributed by atoms with E-state index in [2.05, 4.69) is 6.58 Å². The number of esters is 3. The van der Waals surface area contributed by atoms with Crippen LogP contribution in [0.4, 0.5) is 0 Å². The van der Waals surface area contributed by atoms with E-state index < -0.39 is 82.3 Å². The van der Waals surface area contributed by atoms with Crippen LogP contribution in [0.2, 0.25) is 0 Å². The highest BCUT2D eigenvalue weighted by molar-refractivity contribution is 5.92. The monoisotopic (exact) mass is 508 g/mol. The van der Waals surface area contributed by atoms with E-state index in [1.807, 2.05) is 0 Å². The van der Waals surface area contributed by atoms with E-state index in [1.54, 1.807) is 20.8 Å². The van der Waals surface area contributed by atoms with Crippen molar-refractivity contribution in [1.29, 1.82) is 0 Å². The second-order valence-electron chi connectivity index (χ2n) is 11.3. The number of aliphatic hydroxyl groups is 2. The van der Waals surface area contributed by atoms with Crippen LogP contribution in [0.25, 0.3) is 0 Å². The molecule has 0 saturated heterocycles. The fourth-order valence-electron chi connectivity index (χ4n) is 7.35. The van der Waals surface area contributed by atoms with E-state index >= 15 is 0 Å². The van der Waals surface area contributed by atoms with Gasteiger partial charge in [0.25, 0.3) is 0 Å². The molecule has 3 rings (SSSR count). The number of carbonyl (C=O) groups is 5. The number of ether oxygens (including phenoxy) is 3. The summed E-state index contributed by atoms with van der Waals surface area (Å²) in [6.07, 6.45) is -4.33. The lowest BCUT2D eigenvalue weighted by Crippen LogP contribution is -2.78. The summed E-state index contributed by atoms with van der Waals surface area (Å²) in [4.78, 5) is 62.1. The first-order valence-electron chi connectivity index (χ1n) is 12.1. The predicted octanol–water partition coefficient (Wildman–Crippen LogP) is 1.29. The first-order valence-corrected chi connectivity index (χ1v) is 12.1. The summed E-state index contributed by atoms with van der Waals surface area (Å²) >= 11 is 0. The van der Waals surface area contributed by atoms with Crippen LogP contribution in [-0.2, 0) is 38.2 Å². The topological polar surface area (TPSA) is 154 Å². The second kappa shape index (κ2) is 9.37. The van der Waals surface area contributed by atoms with E-state index in [9.17, 15) is 34.2 Å². The molecule has 3 aliphatic rings. The molecular formula is C26H36O10. The minimum Gasteiger partial charge on any atom is -0.462 e. The maximum Gasteiger partial charge on any atom is 0.303 e. The molecule has 3 aliphatic carbocycles. The fourth-order valence-corrected chi connectivity index (χ4v) is 7.35. The third-order valence-electron chi connectivity index (χ3n) is 8.61. The lowest BCUT2D eigenvalue weighted by atomic mass is 9.40. The van der Waals surface area contributed by atoms with Crippen molar-refractivity contribution in [2.75, 3.05) is 0 Å². The van der Waals surface area contributed by atoms with Crippen LogP contribution in [0.5, 0.6) is 0 Å². The van der Waals surface area contributed by atoms with Gasteiger partial charge in [0.15, 0.2) is 11.9 Å². The van der Waals surface area contributed by atoms with Crippen LogP contribution in [-0.4, -0.2) is 70.2 Å². The number of rotatable bonds is 5. The third-order valence-corrected chi connectivity index (χ3v) is 8.61. The van der Waals surface area contributed by atoms with Gasteiger partial charge in [0.2, 0.25) is 0 Å². The molecule has 10 heteroatoms. The highest BCUT2D eigenvalue weighted by Crippen LogP contribution is 2.65. The number of ketones is 1. The SMILES string of the molecule is C=C(C=O)[C@H]1C[C@@H](OC(C)=O)C2[C@]3(C)C(C(=O)[C@@H](OC(C)=O)[C@]2(O)C1)C(C)(C)[C@H](O)C[C@H]3OC(C)=O. The van der Waals surface area contributed by atoms with Gasteiger partial charge in [-0.15, -0.1) is 0 Å². The zero-order valence-corrected chi connectivity index (χ0v) is 21.6. The third kappa shape index (κ3) is 4.28. The van der Waals surface area contributed by atoms with Gasteiger partial charge in [0.05, 0.1) is 6.10 Å². The maximum atomic E-state index is 14.1. The van der Waals surface area contributed by atoms with Gasteiger partial charge in [-0.3, -0.25) is 24.0 Å². The van der Waals surface area contributed by atoms with Crippen LogP contribution in [0.15, 0.2) is 12.2 Å². The molecule has 2 unspecified atom stereocenters. The van der Waals surface area contributed by atoms with E-state index in [-0.39, 0.29) is 24.8 Å². The summed E-state index contributed by atoms with van der Waals surface area (Å²) in [5.74, 6) is -5.50. The highest BCUT2D eigenvalue weighted by atomic mass is 16.6. The van der Waals surface area contributed by atoms with Crippen molar-refractivity contribution in [2.24, 2.45) is 28.6 Å². The molecule has 0 radical (unpaired) electrons. The molecule has 0 aliphatic heterocycles. The Balaban J connectivity index is 2.34. The Labute approximate surface area is 210 Å². The molecule has 3 fully saturated rings. The van der Waals surface area contributed by atoms with Crippen molar-refractivity contribution in [3.8, 4) is 0 Å². The Hall–Kier alpha value is -2.59. The molecule has 10 nitrogen and oxygen atoms in total. The van der Waals surface area contributed by atoms with E-state index in [0.717, 1.165) is 6.92 Å². The number of hydrogen-bond donors (Lipinski definition) is 2. The minimum absolute atomic E-state index is 0.0189. The van der Waals surface area contributed by atoms with Crippen molar-refractivity contribution in [2.45, 2.75) is 90.8 Å². The normalized spacial score (nSPS) is 41.2.